The van der Waals surface area contributed by atoms with Crippen LogP contribution in [0.3, 0.4) is 0 Å². The van der Waals surface area contributed by atoms with E-state index < -0.39 is 5.97 Å². The van der Waals surface area contributed by atoms with Crippen LogP contribution in [-0.4, -0.2) is 11.1 Å². The topological polar surface area (TPSA) is 37.3 Å². The van der Waals surface area contributed by atoms with Crippen molar-refractivity contribution in [3.63, 3.8) is 0 Å². The molecule has 0 fully saturated rings. The van der Waals surface area contributed by atoms with Gasteiger partial charge in [0.05, 0.1) is 4.34 Å². The fraction of sp³-hybridized carbons (Fsp3) is 0.643. The standard InChI is InChI=1S/C14H21ClO2S/c15-13-11-10-12(18-13)8-6-4-2-1-3-5-7-9-14(16)17/h10-11H,1-9H2,(H,16,17). The van der Waals surface area contributed by atoms with Gasteiger partial charge in [-0.05, 0) is 31.4 Å². The van der Waals surface area contributed by atoms with E-state index >= 15 is 0 Å². The van der Waals surface area contributed by atoms with E-state index in [9.17, 15) is 4.79 Å². The van der Waals surface area contributed by atoms with Crippen LogP contribution in [0, 0.1) is 0 Å². The number of hydrogen-bond acceptors (Lipinski definition) is 2. The molecular formula is C14H21ClO2S. The van der Waals surface area contributed by atoms with Gasteiger partial charge in [-0.15, -0.1) is 11.3 Å². The Balaban J connectivity index is 1.85. The minimum absolute atomic E-state index is 0.319. The number of hydrogen-bond donors (Lipinski definition) is 1. The Morgan fingerprint density at radius 3 is 2.22 bits per heavy atom. The summed E-state index contributed by atoms with van der Waals surface area (Å²) in [4.78, 5) is 11.7. The normalized spacial score (nSPS) is 10.7. The van der Waals surface area contributed by atoms with Gasteiger partial charge in [0, 0.05) is 11.3 Å². The molecule has 18 heavy (non-hydrogen) atoms. The average Bonchev–Trinajstić information content (AvgIpc) is 2.72. The maximum Gasteiger partial charge on any atom is 0.303 e. The van der Waals surface area contributed by atoms with Gasteiger partial charge in [-0.25, -0.2) is 0 Å². The minimum Gasteiger partial charge on any atom is -0.481 e. The molecule has 2 nitrogen and oxygen atoms in total. The maximum absolute atomic E-state index is 10.3. The Morgan fingerprint density at radius 2 is 1.67 bits per heavy atom. The molecule has 0 unspecified atom stereocenters. The van der Waals surface area contributed by atoms with Gasteiger partial charge in [0.1, 0.15) is 0 Å². The molecule has 0 bridgehead atoms. The van der Waals surface area contributed by atoms with Crippen molar-refractivity contribution in [2.24, 2.45) is 0 Å². The van der Waals surface area contributed by atoms with E-state index in [-0.39, 0.29) is 0 Å². The number of aryl methyl sites for hydroxylation is 1. The number of rotatable bonds is 10. The monoisotopic (exact) mass is 288 g/mol. The summed E-state index contributed by atoms with van der Waals surface area (Å²) in [5.41, 5.74) is 0. The maximum atomic E-state index is 10.3. The number of carbonyl (C=O) groups is 1. The first-order chi connectivity index (χ1) is 8.68. The molecule has 0 aromatic carbocycles. The summed E-state index contributed by atoms with van der Waals surface area (Å²) in [5.74, 6) is -0.676. The minimum atomic E-state index is -0.676. The third kappa shape index (κ3) is 7.72. The lowest BCUT2D eigenvalue weighted by molar-refractivity contribution is -0.137. The van der Waals surface area contributed by atoms with Gasteiger partial charge < -0.3 is 5.11 Å². The largest absolute Gasteiger partial charge is 0.481 e. The molecule has 0 spiro atoms. The molecular weight excluding hydrogens is 268 g/mol. The first-order valence-corrected chi connectivity index (χ1v) is 7.84. The molecule has 1 N–H and O–H groups in total. The van der Waals surface area contributed by atoms with Crippen molar-refractivity contribution >= 4 is 28.9 Å². The van der Waals surface area contributed by atoms with Gasteiger partial charge >= 0.3 is 5.97 Å². The van der Waals surface area contributed by atoms with Crippen LogP contribution in [0.1, 0.15) is 56.2 Å². The lowest BCUT2D eigenvalue weighted by atomic mass is 10.1. The van der Waals surface area contributed by atoms with Crippen LogP contribution in [0.15, 0.2) is 12.1 Å². The zero-order valence-electron chi connectivity index (χ0n) is 10.7. The van der Waals surface area contributed by atoms with Gasteiger partial charge in [-0.1, -0.05) is 43.7 Å². The lowest BCUT2D eigenvalue weighted by Crippen LogP contribution is -1.93. The Bertz CT molecular complexity index is 349. The van der Waals surface area contributed by atoms with Gasteiger partial charge in [0.25, 0.3) is 0 Å². The number of aliphatic carboxylic acids is 1. The molecule has 0 saturated heterocycles. The zero-order valence-corrected chi connectivity index (χ0v) is 12.2. The van der Waals surface area contributed by atoms with Crippen molar-refractivity contribution in [1.29, 1.82) is 0 Å². The number of halogens is 1. The second-order valence-electron chi connectivity index (χ2n) is 4.57. The molecule has 0 amide bonds. The SMILES string of the molecule is O=C(O)CCCCCCCCCc1ccc(Cl)s1. The van der Waals surface area contributed by atoms with E-state index in [0.717, 1.165) is 30.0 Å². The first-order valence-electron chi connectivity index (χ1n) is 6.64. The fourth-order valence-electron chi connectivity index (χ4n) is 1.95. The molecule has 1 aromatic heterocycles. The number of thiophene rings is 1. The van der Waals surface area contributed by atoms with Gasteiger partial charge in [-0.2, -0.15) is 0 Å². The Labute approximate surface area is 118 Å². The van der Waals surface area contributed by atoms with E-state index in [1.54, 1.807) is 11.3 Å². The highest BCUT2D eigenvalue weighted by atomic mass is 35.5. The molecule has 0 aliphatic rings. The third-order valence-corrected chi connectivity index (χ3v) is 4.23. The molecule has 1 heterocycles. The Hall–Kier alpha value is -0.540. The summed E-state index contributed by atoms with van der Waals surface area (Å²) in [5, 5.41) is 8.49. The molecule has 0 radical (unpaired) electrons. The van der Waals surface area contributed by atoms with Gasteiger partial charge in [-0.3, -0.25) is 4.79 Å². The molecule has 0 aliphatic carbocycles. The third-order valence-electron chi connectivity index (χ3n) is 2.94. The van der Waals surface area contributed by atoms with Crippen LogP contribution < -0.4 is 0 Å². The zero-order chi connectivity index (χ0) is 13.2. The summed E-state index contributed by atoms with van der Waals surface area (Å²) < 4.78 is 0.878. The van der Waals surface area contributed by atoms with Crippen molar-refractivity contribution in [2.75, 3.05) is 0 Å². The van der Waals surface area contributed by atoms with Crippen LogP contribution in [0.5, 0.6) is 0 Å². The second kappa shape index (κ2) is 9.40. The molecule has 1 aromatic rings. The van der Waals surface area contributed by atoms with E-state index in [4.69, 9.17) is 16.7 Å². The van der Waals surface area contributed by atoms with Crippen LogP contribution in [0.2, 0.25) is 4.34 Å². The fourth-order valence-corrected chi connectivity index (χ4v) is 3.07. The first kappa shape index (κ1) is 15.5. The smallest absolute Gasteiger partial charge is 0.303 e. The van der Waals surface area contributed by atoms with E-state index in [0.29, 0.717) is 6.42 Å². The average molecular weight is 289 g/mol. The quantitative estimate of drug-likeness (QED) is 0.605. The van der Waals surface area contributed by atoms with Crippen molar-refractivity contribution in [1.82, 2.24) is 0 Å². The van der Waals surface area contributed by atoms with Gasteiger partial charge in [0.15, 0.2) is 0 Å². The molecule has 4 heteroatoms. The van der Waals surface area contributed by atoms with Crippen molar-refractivity contribution < 1.29 is 9.90 Å². The van der Waals surface area contributed by atoms with E-state index in [1.807, 2.05) is 6.07 Å². The summed E-state index contributed by atoms with van der Waals surface area (Å²) in [6.45, 7) is 0. The number of carboxylic acid groups (broad SMARTS) is 1. The summed E-state index contributed by atoms with van der Waals surface area (Å²) in [6, 6.07) is 4.07. The Kier molecular flexibility index (Phi) is 8.10. The lowest BCUT2D eigenvalue weighted by Gasteiger charge is -2.00. The van der Waals surface area contributed by atoms with Crippen molar-refractivity contribution in [2.45, 2.75) is 57.8 Å². The van der Waals surface area contributed by atoms with Crippen LogP contribution in [0.4, 0.5) is 0 Å². The summed E-state index contributed by atoms with van der Waals surface area (Å²) in [7, 11) is 0. The van der Waals surface area contributed by atoms with E-state index in [1.165, 1.54) is 30.6 Å². The van der Waals surface area contributed by atoms with Crippen LogP contribution in [-0.2, 0) is 11.2 Å². The second-order valence-corrected chi connectivity index (χ2v) is 6.37. The number of carboxylic acids is 1. The highest BCUT2D eigenvalue weighted by Gasteiger charge is 1.99. The predicted molar refractivity (Wildman–Crippen MR) is 77.6 cm³/mol. The van der Waals surface area contributed by atoms with Crippen molar-refractivity contribution in [3.8, 4) is 0 Å². The molecule has 1 rings (SSSR count). The molecule has 0 saturated carbocycles. The molecule has 102 valence electrons. The van der Waals surface area contributed by atoms with Crippen LogP contribution in [0.25, 0.3) is 0 Å². The van der Waals surface area contributed by atoms with E-state index in [2.05, 4.69) is 6.07 Å². The predicted octanol–water partition coefficient (Wildman–Crippen LogP) is 5.15. The van der Waals surface area contributed by atoms with Crippen molar-refractivity contribution in [3.05, 3.63) is 21.3 Å². The van der Waals surface area contributed by atoms with Crippen LogP contribution >= 0.6 is 22.9 Å². The highest BCUT2D eigenvalue weighted by molar-refractivity contribution is 7.16. The summed E-state index contributed by atoms with van der Waals surface area (Å²) >= 11 is 7.55. The van der Waals surface area contributed by atoms with Gasteiger partial charge in [0.2, 0.25) is 0 Å². The Morgan fingerprint density at radius 1 is 1.06 bits per heavy atom. The molecule has 0 aliphatic heterocycles. The summed E-state index contributed by atoms with van der Waals surface area (Å²) in [6.07, 6.45) is 9.46. The number of unbranched alkanes of at least 4 members (excludes halogenated alkanes) is 6. The molecule has 0 atom stereocenters. The highest BCUT2D eigenvalue weighted by Crippen LogP contribution is 2.23.